The number of likely N-dealkylation sites (N-methyl/N-ethyl adjacent to an activating group) is 1. The maximum atomic E-state index is 13.0. The summed E-state index contributed by atoms with van der Waals surface area (Å²) in [5, 5.41) is 10.7. The predicted molar refractivity (Wildman–Crippen MR) is 177 cm³/mol. The number of hydrogen-bond acceptors (Lipinski definition) is 4. The molecule has 0 spiro atoms. The first-order chi connectivity index (χ1) is 22.0. The van der Waals surface area contributed by atoms with E-state index in [4.69, 9.17) is 9.90 Å². The van der Waals surface area contributed by atoms with Crippen molar-refractivity contribution in [3.63, 3.8) is 0 Å². The van der Waals surface area contributed by atoms with E-state index in [-0.39, 0.29) is 5.91 Å². The quantitative estimate of drug-likeness (QED) is 0.124. The van der Waals surface area contributed by atoms with Gasteiger partial charge in [-0.1, -0.05) is 109 Å². The summed E-state index contributed by atoms with van der Waals surface area (Å²) < 4.78 is 31.7. The minimum atomic E-state index is -5.08. The van der Waals surface area contributed by atoms with Crippen molar-refractivity contribution in [3.8, 4) is 11.1 Å². The van der Waals surface area contributed by atoms with Crippen molar-refractivity contribution in [2.24, 2.45) is 0 Å². The molecule has 1 amide bonds. The van der Waals surface area contributed by atoms with E-state index in [2.05, 4.69) is 89.1 Å². The number of hydrogen-bond donors (Lipinski definition) is 2. The summed E-state index contributed by atoms with van der Waals surface area (Å²) in [5.74, 6) is -2.73. The number of aliphatic carboxylic acids is 1. The van der Waals surface area contributed by atoms with E-state index >= 15 is 0 Å². The first-order valence-corrected chi connectivity index (χ1v) is 14.9. The first-order valence-electron chi connectivity index (χ1n) is 14.9. The van der Waals surface area contributed by atoms with Gasteiger partial charge in [0.2, 0.25) is 5.91 Å². The summed E-state index contributed by atoms with van der Waals surface area (Å²) in [5.41, 5.74) is 7.16. The molecule has 0 heterocycles. The van der Waals surface area contributed by atoms with Crippen LogP contribution < -0.4 is 5.32 Å². The number of carbonyl (C=O) groups excluding carboxylic acids is 1. The van der Waals surface area contributed by atoms with Crippen molar-refractivity contribution in [2.75, 3.05) is 33.7 Å². The molecule has 242 valence electrons. The lowest BCUT2D eigenvalue weighted by Gasteiger charge is -2.23. The lowest BCUT2D eigenvalue weighted by atomic mass is 10.0. The smallest absolute Gasteiger partial charge is 0.475 e. The maximum Gasteiger partial charge on any atom is 0.490 e. The first kappa shape index (κ1) is 35.7. The van der Waals surface area contributed by atoms with Gasteiger partial charge in [-0.25, -0.2) is 4.79 Å². The highest BCUT2D eigenvalue weighted by atomic mass is 19.4. The maximum absolute atomic E-state index is 13.0. The van der Waals surface area contributed by atoms with Crippen LogP contribution in [0.15, 0.2) is 115 Å². The topological polar surface area (TPSA) is 72.9 Å². The fourth-order valence-corrected chi connectivity index (χ4v) is 4.37. The molecule has 0 aliphatic heterocycles. The molecule has 0 aliphatic rings. The standard InChI is InChI=1S/C35H39N3O.C2HF3O2/c1-37(2)25-26-38(35(39)22-17-29-9-5-3-6-10-29)28-32-15-20-34(21-16-32)33-18-13-31(14-19-33)27-36-24-23-30-11-7-4-8-12-30;3-2(4,5)1(6)7/h3-22,36H,23-28H2,1-2H3;(H,6,7)/b22-17+;. The predicted octanol–water partition coefficient (Wildman–Crippen LogP) is 6.92. The number of nitrogens with one attached hydrogen (secondary N) is 1. The van der Waals surface area contributed by atoms with Crippen LogP contribution in [-0.4, -0.2) is 66.7 Å². The number of carboxylic acids is 1. The molecule has 6 nitrogen and oxygen atoms in total. The Hall–Kier alpha value is -4.73. The number of rotatable bonds is 13. The average Bonchev–Trinajstić information content (AvgIpc) is 3.05. The summed E-state index contributed by atoms with van der Waals surface area (Å²) in [7, 11) is 4.06. The average molecular weight is 632 g/mol. The normalized spacial score (nSPS) is 11.3. The van der Waals surface area contributed by atoms with Gasteiger partial charge in [-0.05, 0) is 66.5 Å². The van der Waals surface area contributed by atoms with Crippen LogP contribution in [0.25, 0.3) is 17.2 Å². The van der Waals surface area contributed by atoms with Crippen molar-refractivity contribution in [3.05, 3.63) is 138 Å². The minimum absolute atomic E-state index is 0.0257. The van der Waals surface area contributed by atoms with E-state index in [1.807, 2.05) is 55.4 Å². The molecule has 0 aromatic heterocycles. The van der Waals surface area contributed by atoms with Gasteiger partial charge in [0.1, 0.15) is 0 Å². The zero-order chi connectivity index (χ0) is 33.4. The van der Waals surface area contributed by atoms with E-state index in [1.54, 1.807) is 6.08 Å². The van der Waals surface area contributed by atoms with Crippen molar-refractivity contribution in [2.45, 2.75) is 25.7 Å². The van der Waals surface area contributed by atoms with Crippen LogP contribution >= 0.6 is 0 Å². The number of carboxylic acid groups (broad SMARTS) is 1. The Morgan fingerprint density at radius 1 is 0.739 bits per heavy atom. The van der Waals surface area contributed by atoms with Gasteiger partial charge in [0.15, 0.2) is 0 Å². The lowest BCUT2D eigenvalue weighted by molar-refractivity contribution is -0.192. The van der Waals surface area contributed by atoms with Gasteiger partial charge < -0.3 is 20.2 Å². The second-order valence-electron chi connectivity index (χ2n) is 10.9. The molecule has 0 atom stereocenters. The van der Waals surface area contributed by atoms with Crippen molar-refractivity contribution in [1.29, 1.82) is 0 Å². The lowest BCUT2D eigenvalue weighted by Crippen LogP contribution is -2.35. The molecular formula is C37H40F3N3O3. The van der Waals surface area contributed by atoms with E-state index in [1.165, 1.54) is 22.3 Å². The molecule has 0 aliphatic carbocycles. The molecule has 2 N–H and O–H groups in total. The number of amides is 1. The van der Waals surface area contributed by atoms with Gasteiger partial charge in [-0.3, -0.25) is 4.79 Å². The Balaban J connectivity index is 0.000000738. The highest BCUT2D eigenvalue weighted by Crippen LogP contribution is 2.21. The summed E-state index contributed by atoms with van der Waals surface area (Å²) in [6.45, 7) is 3.90. The van der Waals surface area contributed by atoms with Crippen LogP contribution in [0.1, 0.15) is 22.3 Å². The van der Waals surface area contributed by atoms with Gasteiger partial charge in [-0.2, -0.15) is 13.2 Å². The number of benzene rings is 4. The fourth-order valence-electron chi connectivity index (χ4n) is 4.37. The third kappa shape index (κ3) is 13.1. The summed E-state index contributed by atoms with van der Waals surface area (Å²) >= 11 is 0. The number of nitrogens with zero attached hydrogens (tertiary/aromatic N) is 2. The Kier molecular flexibility index (Phi) is 14.2. The monoisotopic (exact) mass is 631 g/mol. The third-order valence-electron chi connectivity index (χ3n) is 6.97. The number of halogens is 3. The summed E-state index contributed by atoms with van der Waals surface area (Å²) in [6.07, 6.45) is -0.485. The highest BCUT2D eigenvalue weighted by molar-refractivity contribution is 5.91. The second-order valence-corrected chi connectivity index (χ2v) is 10.9. The van der Waals surface area contributed by atoms with Crippen LogP contribution in [0.2, 0.25) is 0 Å². The summed E-state index contributed by atoms with van der Waals surface area (Å²) in [4.78, 5) is 25.9. The molecule has 0 unspecified atom stereocenters. The molecule has 0 fully saturated rings. The Morgan fingerprint density at radius 3 is 1.78 bits per heavy atom. The van der Waals surface area contributed by atoms with Gasteiger partial charge in [-0.15, -0.1) is 0 Å². The molecular weight excluding hydrogens is 591 g/mol. The van der Waals surface area contributed by atoms with Crippen LogP contribution in [0.4, 0.5) is 13.2 Å². The Bertz CT molecular complexity index is 1510. The molecule has 0 bridgehead atoms. The van der Waals surface area contributed by atoms with Gasteiger partial charge in [0, 0.05) is 32.3 Å². The van der Waals surface area contributed by atoms with Crippen LogP contribution in [0, 0.1) is 0 Å². The van der Waals surface area contributed by atoms with E-state index < -0.39 is 12.1 Å². The van der Waals surface area contributed by atoms with Crippen LogP contribution in [0.3, 0.4) is 0 Å². The van der Waals surface area contributed by atoms with Crippen molar-refractivity contribution >= 4 is 18.0 Å². The zero-order valence-electron chi connectivity index (χ0n) is 26.1. The fraction of sp³-hybridized carbons (Fsp3) is 0.243. The molecule has 9 heteroatoms. The number of carbonyl (C=O) groups is 2. The molecule has 46 heavy (non-hydrogen) atoms. The molecule has 0 radical (unpaired) electrons. The number of alkyl halides is 3. The second kappa shape index (κ2) is 18.3. The van der Waals surface area contributed by atoms with Crippen LogP contribution in [0.5, 0.6) is 0 Å². The van der Waals surface area contributed by atoms with Gasteiger partial charge in [0.25, 0.3) is 0 Å². The molecule has 0 saturated carbocycles. The molecule has 4 aromatic rings. The van der Waals surface area contributed by atoms with E-state index in [0.29, 0.717) is 13.1 Å². The highest BCUT2D eigenvalue weighted by Gasteiger charge is 2.38. The van der Waals surface area contributed by atoms with Crippen molar-refractivity contribution in [1.82, 2.24) is 15.1 Å². The van der Waals surface area contributed by atoms with Gasteiger partial charge >= 0.3 is 12.1 Å². The Labute approximate surface area is 268 Å². The van der Waals surface area contributed by atoms with Gasteiger partial charge in [0.05, 0.1) is 0 Å². The largest absolute Gasteiger partial charge is 0.490 e. The van der Waals surface area contributed by atoms with E-state index in [9.17, 15) is 18.0 Å². The molecule has 0 saturated heterocycles. The van der Waals surface area contributed by atoms with Crippen LogP contribution in [-0.2, 0) is 29.1 Å². The molecule has 4 rings (SSSR count). The Morgan fingerprint density at radius 2 is 1.26 bits per heavy atom. The molecule has 4 aromatic carbocycles. The third-order valence-corrected chi connectivity index (χ3v) is 6.97. The summed E-state index contributed by atoms with van der Waals surface area (Å²) in [6, 6.07) is 37.8. The van der Waals surface area contributed by atoms with E-state index in [0.717, 1.165) is 37.2 Å². The van der Waals surface area contributed by atoms with Crippen molar-refractivity contribution < 1.29 is 27.9 Å². The zero-order valence-corrected chi connectivity index (χ0v) is 26.1. The minimum Gasteiger partial charge on any atom is -0.475 e. The SMILES string of the molecule is CN(C)CCN(Cc1ccc(-c2ccc(CNCCc3ccccc3)cc2)cc1)C(=O)/C=C/c1ccccc1.O=C(O)C(F)(F)F.